The second-order valence-corrected chi connectivity index (χ2v) is 6.40. The molecule has 0 radical (unpaired) electrons. The number of hydrogen-bond donors (Lipinski definition) is 2. The molecule has 1 aromatic carbocycles. The van der Waals surface area contributed by atoms with Crippen LogP contribution >= 0.6 is 0 Å². The lowest BCUT2D eigenvalue weighted by atomic mass is 10.0. The molecule has 1 aliphatic heterocycles. The second-order valence-electron chi connectivity index (χ2n) is 6.40. The van der Waals surface area contributed by atoms with Gasteiger partial charge in [-0.25, -0.2) is 4.79 Å². The first-order chi connectivity index (χ1) is 10.8. The Balaban J connectivity index is 1.97. The molecule has 2 rings (SSSR count). The van der Waals surface area contributed by atoms with Gasteiger partial charge in [0.1, 0.15) is 12.6 Å². The molecule has 1 unspecified atom stereocenters. The molecule has 4 amide bonds. The summed E-state index contributed by atoms with van der Waals surface area (Å²) in [6, 6.07) is 8.34. The van der Waals surface area contributed by atoms with E-state index in [2.05, 4.69) is 10.6 Å². The highest BCUT2D eigenvalue weighted by molar-refractivity contribution is 6.06. The van der Waals surface area contributed by atoms with E-state index in [9.17, 15) is 14.4 Å². The molecule has 1 atom stereocenters. The van der Waals surface area contributed by atoms with Gasteiger partial charge in [-0.2, -0.15) is 0 Å². The van der Waals surface area contributed by atoms with Gasteiger partial charge in [0.25, 0.3) is 5.91 Å². The van der Waals surface area contributed by atoms with Gasteiger partial charge in [0.15, 0.2) is 0 Å². The molecule has 1 aromatic rings. The number of benzene rings is 1. The van der Waals surface area contributed by atoms with E-state index in [4.69, 9.17) is 0 Å². The number of imide groups is 1. The second kappa shape index (κ2) is 6.81. The third-order valence-corrected chi connectivity index (χ3v) is 4.05. The Labute approximate surface area is 136 Å². The summed E-state index contributed by atoms with van der Waals surface area (Å²) in [5.74, 6) is -0.691. The third kappa shape index (κ3) is 4.31. The van der Waals surface area contributed by atoms with E-state index in [1.165, 1.54) is 0 Å². The molecular weight excluding hydrogens is 294 g/mol. The van der Waals surface area contributed by atoms with Crippen molar-refractivity contribution in [2.24, 2.45) is 0 Å². The minimum Gasteiger partial charge on any atom is -0.350 e. The van der Waals surface area contributed by atoms with Crippen LogP contribution in [0.1, 0.15) is 32.8 Å². The van der Waals surface area contributed by atoms with Crippen molar-refractivity contribution in [3.8, 4) is 0 Å². The summed E-state index contributed by atoms with van der Waals surface area (Å²) in [4.78, 5) is 37.3. The van der Waals surface area contributed by atoms with Crippen LogP contribution in [0.15, 0.2) is 30.3 Å². The van der Waals surface area contributed by atoms with Crippen molar-refractivity contribution < 1.29 is 14.4 Å². The topological polar surface area (TPSA) is 78.5 Å². The normalized spacial score (nSPS) is 18.0. The highest BCUT2D eigenvalue weighted by Gasteiger charge is 2.39. The predicted molar refractivity (Wildman–Crippen MR) is 86.7 cm³/mol. The van der Waals surface area contributed by atoms with Crippen LogP contribution in [-0.2, 0) is 16.0 Å². The smallest absolute Gasteiger partial charge is 0.325 e. The maximum atomic E-state index is 12.4. The Kier molecular flexibility index (Phi) is 5.03. The highest BCUT2D eigenvalue weighted by atomic mass is 16.2. The Morgan fingerprint density at radius 1 is 1.26 bits per heavy atom. The van der Waals surface area contributed by atoms with Gasteiger partial charge in [0, 0.05) is 12.0 Å². The van der Waals surface area contributed by atoms with Gasteiger partial charge in [-0.3, -0.25) is 14.5 Å². The summed E-state index contributed by atoms with van der Waals surface area (Å²) >= 11 is 0. The van der Waals surface area contributed by atoms with Crippen LogP contribution in [0, 0.1) is 0 Å². The number of carbonyl (C=O) groups excluding carboxylic acids is 3. The van der Waals surface area contributed by atoms with Crippen molar-refractivity contribution in [3.63, 3.8) is 0 Å². The number of hydrogen-bond acceptors (Lipinski definition) is 3. The lowest BCUT2D eigenvalue weighted by Crippen LogP contribution is -2.48. The van der Waals surface area contributed by atoms with Gasteiger partial charge < -0.3 is 10.6 Å². The number of nitrogens with zero attached hydrogens (tertiary/aromatic N) is 1. The molecule has 1 fully saturated rings. The van der Waals surface area contributed by atoms with E-state index in [1.54, 1.807) is 0 Å². The van der Waals surface area contributed by atoms with Crippen LogP contribution < -0.4 is 10.6 Å². The van der Waals surface area contributed by atoms with Crippen molar-refractivity contribution in [2.45, 2.75) is 45.2 Å². The van der Waals surface area contributed by atoms with E-state index in [-0.39, 0.29) is 23.9 Å². The summed E-state index contributed by atoms with van der Waals surface area (Å²) in [7, 11) is 0. The fraction of sp³-hybridized carbons (Fsp3) is 0.471. The van der Waals surface area contributed by atoms with Crippen molar-refractivity contribution in [1.82, 2.24) is 15.5 Å². The molecule has 0 spiro atoms. The lowest BCUT2D eigenvalue weighted by Gasteiger charge is -2.25. The van der Waals surface area contributed by atoms with Crippen molar-refractivity contribution in [2.75, 3.05) is 6.54 Å². The molecule has 124 valence electrons. The predicted octanol–water partition coefficient (Wildman–Crippen LogP) is 1.45. The van der Waals surface area contributed by atoms with E-state index in [0.717, 1.165) is 16.9 Å². The zero-order valence-corrected chi connectivity index (χ0v) is 13.8. The van der Waals surface area contributed by atoms with E-state index in [0.29, 0.717) is 6.42 Å². The summed E-state index contributed by atoms with van der Waals surface area (Å²) in [5, 5.41) is 5.47. The molecule has 0 saturated carbocycles. The van der Waals surface area contributed by atoms with Crippen LogP contribution in [0.3, 0.4) is 0 Å². The quantitative estimate of drug-likeness (QED) is 0.780. The van der Waals surface area contributed by atoms with Crippen LogP contribution in [0.4, 0.5) is 4.79 Å². The zero-order valence-electron chi connectivity index (χ0n) is 13.8. The molecule has 23 heavy (non-hydrogen) atoms. The Morgan fingerprint density at radius 2 is 1.91 bits per heavy atom. The first-order valence-corrected chi connectivity index (χ1v) is 7.79. The maximum absolute atomic E-state index is 12.4. The van der Waals surface area contributed by atoms with Gasteiger partial charge in [-0.15, -0.1) is 0 Å². The van der Waals surface area contributed by atoms with Crippen LogP contribution in [-0.4, -0.2) is 40.9 Å². The SMILES string of the molecule is CCC(C)(C)NC(=O)CN1C(=O)NC(Cc2ccccc2)C1=O. The summed E-state index contributed by atoms with van der Waals surface area (Å²) in [5.41, 5.74) is 0.601. The fourth-order valence-corrected chi connectivity index (χ4v) is 2.36. The van der Waals surface area contributed by atoms with Gasteiger partial charge in [-0.05, 0) is 25.8 Å². The van der Waals surface area contributed by atoms with Gasteiger partial charge >= 0.3 is 6.03 Å². The Morgan fingerprint density at radius 3 is 2.52 bits per heavy atom. The standard InChI is InChI=1S/C17H23N3O3/c1-4-17(2,3)19-14(21)11-20-15(22)13(18-16(20)23)10-12-8-6-5-7-9-12/h5-9,13H,4,10-11H2,1-3H3,(H,18,23)(H,19,21). The summed E-state index contributed by atoms with van der Waals surface area (Å²) in [6.45, 7) is 5.51. The first-order valence-electron chi connectivity index (χ1n) is 7.79. The summed E-state index contributed by atoms with van der Waals surface area (Å²) in [6.07, 6.45) is 1.18. The molecule has 2 N–H and O–H groups in total. The first kappa shape index (κ1) is 17.0. The van der Waals surface area contributed by atoms with E-state index in [1.807, 2.05) is 51.1 Å². The van der Waals surface area contributed by atoms with Gasteiger partial charge in [0.2, 0.25) is 5.91 Å². The van der Waals surface area contributed by atoms with Crippen LogP contribution in [0.25, 0.3) is 0 Å². The molecule has 1 aliphatic rings. The Bertz CT molecular complexity index is 598. The fourth-order valence-electron chi connectivity index (χ4n) is 2.36. The van der Waals surface area contributed by atoms with Crippen LogP contribution in [0.2, 0.25) is 0 Å². The molecule has 1 heterocycles. The minimum atomic E-state index is -0.614. The molecule has 6 nitrogen and oxygen atoms in total. The van der Waals surface area contributed by atoms with E-state index >= 15 is 0 Å². The van der Waals surface area contributed by atoms with Crippen molar-refractivity contribution in [1.29, 1.82) is 0 Å². The van der Waals surface area contributed by atoms with Gasteiger partial charge in [-0.1, -0.05) is 37.3 Å². The number of urea groups is 1. The number of rotatable bonds is 6. The Hall–Kier alpha value is -2.37. The number of nitrogens with one attached hydrogen (secondary N) is 2. The molecule has 1 saturated heterocycles. The molecule has 0 aromatic heterocycles. The monoisotopic (exact) mass is 317 g/mol. The van der Waals surface area contributed by atoms with E-state index < -0.39 is 12.1 Å². The van der Waals surface area contributed by atoms with Crippen LogP contribution in [0.5, 0.6) is 0 Å². The van der Waals surface area contributed by atoms with Crippen molar-refractivity contribution >= 4 is 17.8 Å². The highest BCUT2D eigenvalue weighted by Crippen LogP contribution is 2.13. The van der Waals surface area contributed by atoms with Gasteiger partial charge in [0.05, 0.1) is 0 Å². The molecule has 6 heteroatoms. The third-order valence-electron chi connectivity index (χ3n) is 4.05. The maximum Gasteiger partial charge on any atom is 0.325 e. The largest absolute Gasteiger partial charge is 0.350 e. The average molecular weight is 317 g/mol. The number of amides is 4. The average Bonchev–Trinajstić information content (AvgIpc) is 2.75. The zero-order chi connectivity index (χ0) is 17.0. The lowest BCUT2D eigenvalue weighted by molar-refractivity contribution is -0.132. The molecule has 0 bridgehead atoms. The number of carbonyl (C=O) groups is 3. The molecular formula is C17H23N3O3. The summed E-state index contributed by atoms with van der Waals surface area (Å²) < 4.78 is 0. The molecule has 0 aliphatic carbocycles. The minimum absolute atomic E-state index is 0.251. The van der Waals surface area contributed by atoms with Crippen molar-refractivity contribution in [3.05, 3.63) is 35.9 Å².